The second-order valence-corrected chi connectivity index (χ2v) is 5.93. The van der Waals surface area contributed by atoms with E-state index in [1.807, 2.05) is 18.2 Å². The minimum atomic E-state index is -1.15. The lowest BCUT2D eigenvalue weighted by Gasteiger charge is -2.19. The Bertz CT molecular complexity index is 576. The van der Waals surface area contributed by atoms with Crippen molar-refractivity contribution in [2.24, 2.45) is 5.92 Å². The van der Waals surface area contributed by atoms with Gasteiger partial charge in [-0.3, -0.25) is 4.79 Å². The summed E-state index contributed by atoms with van der Waals surface area (Å²) in [5.74, 6) is -2.03. The van der Waals surface area contributed by atoms with Gasteiger partial charge in [0.2, 0.25) is 5.91 Å². The van der Waals surface area contributed by atoms with E-state index >= 15 is 0 Å². The molecule has 8 nitrogen and oxygen atoms in total. The molecule has 0 saturated heterocycles. The summed E-state index contributed by atoms with van der Waals surface area (Å²) in [6.07, 6.45) is -2.19. The summed E-state index contributed by atoms with van der Waals surface area (Å²) < 4.78 is 4.97. The molecular weight excluding hydrogens is 328 g/mol. The van der Waals surface area contributed by atoms with Crippen LogP contribution in [0.3, 0.4) is 0 Å². The number of hydrogen-bond acceptors (Lipinski definition) is 5. The van der Waals surface area contributed by atoms with Crippen molar-refractivity contribution < 1.29 is 29.3 Å². The molecule has 1 rings (SSSR count). The van der Waals surface area contributed by atoms with Crippen molar-refractivity contribution in [2.45, 2.75) is 39.0 Å². The summed E-state index contributed by atoms with van der Waals surface area (Å²) in [5.41, 5.74) is 0.825. The Morgan fingerprint density at radius 3 is 2.36 bits per heavy atom. The van der Waals surface area contributed by atoms with Crippen LogP contribution in [0, 0.1) is 5.92 Å². The van der Waals surface area contributed by atoms with Crippen LogP contribution in [0.25, 0.3) is 0 Å². The molecule has 0 unspecified atom stereocenters. The number of nitrogens with one attached hydrogen (secondary N) is 2. The molecule has 2 atom stereocenters. The predicted octanol–water partition coefficient (Wildman–Crippen LogP) is 0.889. The zero-order valence-corrected chi connectivity index (χ0v) is 14.3. The van der Waals surface area contributed by atoms with Gasteiger partial charge in [0.1, 0.15) is 12.6 Å². The van der Waals surface area contributed by atoms with Gasteiger partial charge >= 0.3 is 12.1 Å². The molecule has 2 amide bonds. The van der Waals surface area contributed by atoms with E-state index in [4.69, 9.17) is 9.84 Å². The van der Waals surface area contributed by atoms with E-state index in [9.17, 15) is 19.5 Å². The summed E-state index contributed by atoms with van der Waals surface area (Å²) in [6, 6.07) is 8.07. The molecule has 0 heterocycles. The van der Waals surface area contributed by atoms with E-state index in [0.717, 1.165) is 5.56 Å². The van der Waals surface area contributed by atoms with Crippen molar-refractivity contribution in [1.82, 2.24) is 10.6 Å². The van der Waals surface area contributed by atoms with Crippen LogP contribution in [0.1, 0.15) is 25.8 Å². The number of ether oxygens (including phenoxy) is 1. The van der Waals surface area contributed by atoms with Gasteiger partial charge in [-0.25, -0.2) is 9.59 Å². The topological polar surface area (TPSA) is 125 Å². The zero-order valence-electron chi connectivity index (χ0n) is 14.3. The first kappa shape index (κ1) is 20.4. The van der Waals surface area contributed by atoms with Gasteiger partial charge in [-0.15, -0.1) is 0 Å². The zero-order chi connectivity index (χ0) is 18.8. The van der Waals surface area contributed by atoms with Crippen LogP contribution in [0.15, 0.2) is 30.3 Å². The number of carboxylic acid groups (broad SMARTS) is 1. The summed E-state index contributed by atoms with van der Waals surface area (Å²) in [5, 5.41) is 23.5. The Balaban J connectivity index is 2.29. The number of carbonyl (C=O) groups excluding carboxylic acids is 2. The fourth-order valence-electron chi connectivity index (χ4n) is 2.01. The molecule has 0 fully saturated rings. The fraction of sp³-hybridized carbons (Fsp3) is 0.471. The number of benzene rings is 1. The number of rotatable bonds is 9. The molecule has 0 aromatic heterocycles. The standard InChI is InChI=1S/C17H24N2O6/c1-11(2)15(16(22)23)19-14(21)8-13(20)9-18-17(24)25-10-12-6-4-3-5-7-12/h3-7,11,13,15,20H,8-10H2,1-2H3,(H,18,24)(H,19,21)(H,22,23)/t13-,15+/m1/s1. The number of amides is 2. The van der Waals surface area contributed by atoms with Crippen LogP contribution in [-0.4, -0.2) is 46.9 Å². The van der Waals surface area contributed by atoms with Crippen molar-refractivity contribution >= 4 is 18.0 Å². The Labute approximate surface area is 146 Å². The van der Waals surface area contributed by atoms with Crippen LogP contribution >= 0.6 is 0 Å². The van der Waals surface area contributed by atoms with Crippen LogP contribution in [0.4, 0.5) is 4.79 Å². The summed E-state index contributed by atoms with van der Waals surface area (Å²) in [6.45, 7) is 3.25. The average molecular weight is 352 g/mol. The first-order valence-electron chi connectivity index (χ1n) is 7.94. The number of aliphatic hydroxyl groups excluding tert-OH is 1. The molecule has 0 saturated carbocycles. The van der Waals surface area contributed by atoms with Crippen LogP contribution in [0.5, 0.6) is 0 Å². The second kappa shape index (κ2) is 10.3. The lowest BCUT2D eigenvalue weighted by atomic mass is 10.0. The van der Waals surface area contributed by atoms with Gasteiger partial charge in [0.15, 0.2) is 0 Å². The Morgan fingerprint density at radius 1 is 1.16 bits per heavy atom. The number of alkyl carbamates (subject to hydrolysis) is 1. The fourth-order valence-corrected chi connectivity index (χ4v) is 2.01. The summed E-state index contributed by atoms with van der Waals surface area (Å²) in [4.78, 5) is 34.3. The monoisotopic (exact) mass is 352 g/mol. The third-order valence-corrected chi connectivity index (χ3v) is 3.37. The predicted molar refractivity (Wildman–Crippen MR) is 89.7 cm³/mol. The van der Waals surface area contributed by atoms with Gasteiger partial charge in [-0.1, -0.05) is 44.2 Å². The second-order valence-electron chi connectivity index (χ2n) is 5.93. The summed E-state index contributed by atoms with van der Waals surface area (Å²) >= 11 is 0. The number of hydrogen-bond donors (Lipinski definition) is 4. The minimum absolute atomic E-state index is 0.0952. The Morgan fingerprint density at radius 2 is 1.80 bits per heavy atom. The van der Waals surface area contributed by atoms with E-state index in [0.29, 0.717) is 0 Å². The van der Waals surface area contributed by atoms with E-state index in [-0.39, 0.29) is 25.5 Å². The maximum Gasteiger partial charge on any atom is 0.407 e. The number of carbonyl (C=O) groups is 3. The van der Waals surface area contributed by atoms with Gasteiger partial charge in [-0.05, 0) is 11.5 Å². The Kier molecular flexibility index (Phi) is 8.42. The molecule has 0 spiro atoms. The van der Waals surface area contributed by atoms with Gasteiger partial charge in [0.25, 0.3) is 0 Å². The quantitative estimate of drug-likeness (QED) is 0.523. The number of aliphatic carboxylic acids is 1. The third kappa shape index (κ3) is 8.16. The van der Waals surface area contributed by atoms with E-state index < -0.39 is 30.1 Å². The van der Waals surface area contributed by atoms with Crippen molar-refractivity contribution in [1.29, 1.82) is 0 Å². The molecule has 0 bridgehead atoms. The number of carboxylic acids is 1. The van der Waals surface area contributed by atoms with E-state index in [1.165, 1.54) is 0 Å². The number of aliphatic hydroxyl groups is 1. The largest absolute Gasteiger partial charge is 0.480 e. The SMILES string of the molecule is CC(C)[C@H](NC(=O)C[C@@H](O)CNC(=O)OCc1ccccc1)C(=O)O. The van der Waals surface area contributed by atoms with Crippen molar-refractivity contribution in [3.8, 4) is 0 Å². The first-order valence-corrected chi connectivity index (χ1v) is 7.94. The van der Waals surface area contributed by atoms with Crippen LogP contribution in [0.2, 0.25) is 0 Å². The highest BCUT2D eigenvalue weighted by molar-refractivity contribution is 5.84. The maximum atomic E-state index is 11.7. The lowest BCUT2D eigenvalue weighted by molar-refractivity contribution is -0.143. The minimum Gasteiger partial charge on any atom is -0.480 e. The van der Waals surface area contributed by atoms with Gasteiger partial charge < -0.3 is 25.6 Å². The maximum absolute atomic E-state index is 11.7. The lowest BCUT2D eigenvalue weighted by Crippen LogP contribution is -2.46. The van der Waals surface area contributed by atoms with Crippen molar-refractivity contribution in [3.63, 3.8) is 0 Å². The normalized spacial score (nSPS) is 13.0. The molecule has 25 heavy (non-hydrogen) atoms. The molecule has 0 aliphatic heterocycles. The van der Waals surface area contributed by atoms with Gasteiger partial charge in [0, 0.05) is 6.54 Å². The van der Waals surface area contributed by atoms with Gasteiger partial charge in [0.05, 0.1) is 12.5 Å². The van der Waals surface area contributed by atoms with Gasteiger partial charge in [-0.2, -0.15) is 0 Å². The molecule has 4 N–H and O–H groups in total. The highest BCUT2D eigenvalue weighted by atomic mass is 16.5. The molecule has 1 aromatic carbocycles. The molecule has 0 aliphatic carbocycles. The van der Waals surface area contributed by atoms with Crippen molar-refractivity contribution in [3.05, 3.63) is 35.9 Å². The molecule has 0 aliphatic rings. The highest BCUT2D eigenvalue weighted by Gasteiger charge is 2.24. The molecule has 1 aromatic rings. The molecule has 0 radical (unpaired) electrons. The first-order chi connectivity index (χ1) is 11.8. The van der Waals surface area contributed by atoms with Crippen LogP contribution in [-0.2, 0) is 20.9 Å². The van der Waals surface area contributed by atoms with E-state index in [1.54, 1.807) is 26.0 Å². The smallest absolute Gasteiger partial charge is 0.407 e. The van der Waals surface area contributed by atoms with Crippen molar-refractivity contribution in [2.75, 3.05) is 6.54 Å². The summed E-state index contributed by atoms with van der Waals surface area (Å²) in [7, 11) is 0. The van der Waals surface area contributed by atoms with Crippen LogP contribution < -0.4 is 10.6 Å². The molecular formula is C17H24N2O6. The Hall–Kier alpha value is -2.61. The molecule has 138 valence electrons. The molecule has 8 heteroatoms. The average Bonchev–Trinajstić information content (AvgIpc) is 2.56. The highest BCUT2D eigenvalue weighted by Crippen LogP contribution is 2.03. The third-order valence-electron chi connectivity index (χ3n) is 3.37. The van der Waals surface area contributed by atoms with E-state index in [2.05, 4.69) is 10.6 Å².